The molecule has 0 aliphatic carbocycles. The first-order chi connectivity index (χ1) is 20.1. The molecule has 0 spiro atoms. The van der Waals surface area contributed by atoms with Gasteiger partial charge < -0.3 is 19.9 Å². The number of pyridine rings is 2. The topological polar surface area (TPSA) is 111 Å². The highest BCUT2D eigenvalue weighted by atomic mass is 16.5. The number of fused-ring (bicyclic) bond motifs is 1. The van der Waals surface area contributed by atoms with E-state index in [9.17, 15) is 14.7 Å². The van der Waals surface area contributed by atoms with Crippen LogP contribution in [-0.4, -0.2) is 39.2 Å². The summed E-state index contributed by atoms with van der Waals surface area (Å²) in [5.41, 5.74) is 5.18. The molecule has 1 amide bonds. The second kappa shape index (κ2) is 10.5. The van der Waals surface area contributed by atoms with Crippen LogP contribution in [0.1, 0.15) is 54.1 Å². The number of aliphatic carboxylic acids is 1. The zero-order chi connectivity index (χ0) is 29.6. The Hall–Kier alpha value is -4.82. The Morgan fingerprint density at radius 3 is 2.57 bits per heavy atom. The maximum absolute atomic E-state index is 13.1. The van der Waals surface area contributed by atoms with Crippen molar-refractivity contribution >= 4 is 39.4 Å². The van der Waals surface area contributed by atoms with Crippen LogP contribution < -0.4 is 10.1 Å². The van der Waals surface area contributed by atoms with Gasteiger partial charge in [-0.3, -0.25) is 9.78 Å². The summed E-state index contributed by atoms with van der Waals surface area (Å²) in [4.78, 5) is 35.4. The van der Waals surface area contributed by atoms with Gasteiger partial charge in [0.15, 0.2) is 6.10 Å². The van der Waals surface area contributed by atoms with Crippen LogP contribution in [-0.2, 0) is 16.0 Å². The van der Waals surface area contributed by atoms with Crippen molar-refractivity contribution in [2.75, 3.05) is 11.9 Å². The third kappa shape index (κ3) is 5.05. The standard InChI is InChI=1S/C34H31N3O5/c1-19-18-25-22(10-12-24(37-25)32(38)36-21-8-6-5-7-9-21)29(27(19)31(33(39)40)42-34(2,3)4)23-11-13-26-28-20(15-17-41-26)14-16-35-30(23)28/h5-14,16,18,31H,15,17H2,1-4H3,(H,36,38)(H,39,40)/t31-/m0/s1. The second-order valence-corrected chi connectivity index (χ2v) is 11.4. The highest BCUT2D eigenvalue weighted by Crippen LogP contribution is 2.44. The number of aromatic nitrogens is 2. The number of carbonyl (C=O) groups excluding carboxylic acids is 1. The molecule has 42 heavy (non-hydrogen) atoms. The first-order valence-electron chi connectivity index (χ1n) is 13.9. The number of aryl methyl sites for hydroxylation is 1. The van der Waals surface area contributed by atoms with Gasteiger partial charge in [-0.1, -0.05) is 18.2 Å². The number of nitrogens with zero attached hydrogens (tertiary/aromatic N) is 2. The molecule has 3 heterocycles. The van der Waals surface area contributed by atoms with Gasteiger partial charge in [-0.05, 0) is 92.9 Å². The summed E-state index contributed by atoms with van der Waals surface area (Å²) in [5, 5.41) is 14.9. The van der Waals surface area contributed by atoms with Crippen LogP contribution in [0.5, 0.6) is 5.75 Å². The smallest absolute Gasteiger partial charge is 0.337 e. The maximum atomic E-state index is 13.1. The van der Waals surface area contributed by atoms with E-state index >= 15 is 0 Å². The summed E-state index contributed by atoms with van der Waals surface area (Å²) >= 11 is 0. The molecule has 5 aromatic rings. The van der Waals surface area contributed by atoms with Crippen LogP contribution in [0.2, 0.25) is 0 Å². The summed E-state index contributed by atoms with van der Waals surface area (Å²) in [6.07, 6.45) is 1.27. The van der Waals surface area contributed by atoms with E-state index < -0.39 is 17.7 Å². The van der Waals surface area contributed by atoms with Crippen LogP contribution in [0.25, 0.3) is 32.9 Å². The summed E-state index contributed by atoms with van der Waals surface area (Å²) in [5.74, 6) is -0.689. The molecule has 212 valence electrons. The molecule has 0 saturated carbocycles. The molecule has 2 N–H and O–H groups in total. The lowest BCUT2D eigenvalue weighted by atomic mass is 9.86. The number of ether oxygens (including phenoxy) is 2. The number of para-hydroxylation sites is 1. The van der Waals surface area contributed by atoms with Crippen molar-refractivity contribution in [3.63, 3.8) is 0 Å². The van der Waals surface area contributed by atoms with Crippen molar-refractivity contribution in [3.8, 4) is 16.9 Å². The summed E-state index contributed by atoms with van der Waals surface area (Å²) in [6, 6.07) is 20.3. The Morgan fingerprint density at radius 1 is 1.05 bits per heavy atom. The highest BCUT2D eigenvalue weighted by Gasteiger charge is 2.33. The van der Waals surface area contributed by atoms with E-state index in [-0.39, 0.29) is 11.6 Å². The number of rotatable bonds is 6. The van der Waals surface area contributed by atoms with Crippen LogP contribution in [0, 0.1) is 6.92 Å². The Labute approximate surface area is 243 Å². The number of hydrogen-bond donors (Lipinski definition) is 2. The van der Waals surface area contributed by atoms with E-state index in [0.29, 0.717) is 45.4 Å². The van der Waals surface area contributed by atoms with Crippen molar-refractivity contribution in [3.05, 3.63) is 95.3 Å². The quantitative estimate of drug-likeness (QED) is 0.232. The van der Waals surface area contributed by atoms with Gasteiger partial charge in [-0.15, -0.1) is 0 Å². The average Bonchev–Trinajstić information content (AvgIpc) is 2.96. The fraction of sp³-hybridized carbons (Fsp3) is 0.235. The Bertz CT molecular complexity index is 1850. The Morgan fingerprint density at radius 2 is 1.83 bits per heavy atom. The Kier molecular flexibility index (Phi) is 6.86. The van der Waals surface area contributed by atoms with Gasteiger partial charge in [0.1, 0.15) is 11.4 Å². The molecule has 8 nitrogen and oxygen atoms in total. The molecular formula is C34H31N3O5. The molecule has 1 atom stereocenters. The molecule has 1 aliphatic heterocycles. The molecule has 3 aromatic carbocycles. The summed E-state index contributed by atoms with van der Waals surface area (Å²) in [6.45, 7) is 7.93. The van der Waals surface area contributed by atoms with Gasteiger partial charge >= 0.3 is 5.97 Å². The van der Waals surface area contributed by atoms with E-state index in [2.05, 4.69) is 5.32 Å². The van der Waals surface area contributed by atoms with Gasteiger partial charge in [0.25, 0.3) is 5.91 Å². The molecule has 6 rings (SSSR count). The van der Waals surface area contributed by atoms with E-state index in [1.165, 1.54) is 0 Å². The normalized spacial score (nSPS) is 13.5. The molecule has 0 fully saturated rings. The molecule has 0 unspecified atom stereocenters. The minimum Gasteiger partial charge on any atom is -0.493 e. The van der Waals surface area contributed by atoms with Crippen molar-refractivity contribution in [2.45, 2.75) is 45.8 Å². The fourth-order valence-electron chi connectivity index (χ4n) is 5.58. The first-order valence-corrected chi connectivity index (χ1v) is 13.9. The van der Waals surface area contributed by atoms with Gasteiger partial charge in [0.2, 0.25) is 0 Å². The zero-order valence-electron chi connectivity index (χ0n) is 23.9. The van der Waals surface area contributed by atoms with Crippen LogP contribution in [0.15, 0.2) is 72.9 Å². The van der Waals surface area contributed by atoms with Crippen molar-refractivity contribution in [2.24, 2.45) is 0 Å². The summed E-state index contributed by atoms with van der Waals surface area (Å²) < 4.78 is 12.1. The molecular weight excluding hydrogens is 530 g/mol. The molecule has 0 radical (unpaired) electrons. The van der Waals surface area contributed by atoms with Gasteiger partial charge in [0.05, 0.1) is 23.2 Å². The number of anilines is 1. The first kappa shape index (κ1) is 27.4. The van der Waals surface area contributed by atoms with E-state index in [1.807, 2.05) is 88.4 Å². The van der Waals surface area contributed by atoms with Crippen LogP contribution >= 0.6 is 0 Å². The number of hydrogen-bond acceptors (Lipinski definition) is 6. The van der Waals surface area contributed by atoms with Crippen molar-refractivity contribution in [1.82, 2.24) is 9.97 Å². The molecule has 8 heteroatoms. The molecule has 0 saturated heterocycles. The number of amides is 1. The number of carbonyl (C=O) groups is 2. The second-order valence-electron chi connectivity index (χ2n) is 11.4. The van der Waals surface area contributed by atoms with Crippen LogP contribution in [0.4, 0.5) is 5.69 Å². The van der Waals surface area contributed by atoms with Gasteiger partial charge in [0, 0.05) is 40.2 Å². The van der Waals surface area contributed by atoms with Crippen molar-refractivity contribution < 1.29 is 24.2 Å². The molecule has 1 aliphatic rings. The van der Waals surface area contributed by atoms with E-state index in [1.54, 1.807) is 12.3 Å². The highest BCUT2D eigenvalue weighted by molar-refractivity contribution is 6.10. The SMILES string of the molecule is Cc1cc2nc(C(=O)Nc3ccccc3)ccc2c(-c2ccc3c4c(ccnc24)CCO3)c1[C@H](OC(C)(C)C)C(=O)O. The van der Waals surface area contributed by atoms with Gasteiger partial charge in [-0.25, -0.2) is 9.78 Å². The Balaban J connectivity index is 1.61. The number of benzene rings is 3. The molecule has 2 aromatic heterocycles. The monoisotopic (exact) mass is 561 g/mol. The molecule has 0 bridgehead atoms. The van der Waals surface area contributed by atoms with E-state index in [4.69, 9.17) is 19.4 Å². The third-order valence-electron chi connectivity index (χ3n) is 7.30. The predicted molar refractivity (Wildman–Crippen MR) is 162 cm³/mol. The third-order valence-corrected chi connectivity index (χ3v) is 7.30. The van der Waals surface area contributed by atoms with Gasteiger partial charge in [-0.2, -0.15) is 0 Å². The number of nitrogens with one attached hydrogen (secondary N) is 1. The lowest BCUT2D eigenvalue weighted by Gasteiger charge is -2.29. The van der Waals surface area contributed by atoms with Crippen molar-refractivity contribution in [1.29, 1.82) is 0 Å². The summed E-state index contributed by atoms with van der Waals surface area (Å²) in [7, 11) is 0. The zero-order valence-corrected chi connectivity index (χ0v) is 23.9. The van der Waals surface area contributed by atoms with E-state index in [0.717, 1.165) is 28.7 Å². The fourth-order valence-corrected chi connectivity index (χ4v) is 5.58. The minimum atomic E-state index is -1.26. The van der Waals surface area contributed by atoms with Crippen LogP contribution in [0.3, 0.4) is 0 Å². The minimum absolute atomic E-state index is 0.244. The number of carboxylic acids is 1. The lowest BCUT2D eigenvalue weighted by Crippen LogP contribution is -2.28. The maximum Gasteiger partial charge on any atom is 0.337 e. The predicted octanol–water partition coefficient (Wildman–Crippen LogP) is 6.89. The largest absolute Gasteiger partial charge is 0.493 e. The average molecular weight is 562 g/mol. The lowest BCUT2D eigenvalue weighted by molar-refractivity contribution is -0.160. The number of carboxylic acid groups (broad SMARTS) is 1.